The van der Waals surface area contributed by atoms with Crippen molar-refractivity contribution in [3.05, 3.63) is 23.5 Å². The number of hydrazine groups is 1. The van der Waals surface area contributed by atoms with E-state index in [4.69, 9.17) is 15.8 Å². The Kier molecular flexibility index (Phi) is 6.38. The van der Waals surface area contributed by atoms with Gasteiger partial charge in [-0.05, 0) is 58.4 Å². The SMILES string of the molecule is Cc1cn2nc(C3CCCCN3C(=O)C3CC(C4CCCCN4)NN3)cc2nc1N1CCC(N)C1. The van der Waals surface area contributed by atoms with Crippen molar-refractivity contribution in [3.63, 3.8) is 0 Å². The lowest BCUT2D eigenvalue weighted by Gasteiger charge is -2.36. The monoisotopic (exact) mass is 481 g/mol. The third-order valence-electron chi connectivity index (χ3n) is 8.34. The normalized spacial score (nSPS) is 32.0. The molecule has 2 aromatic heterocycles. The molecule has 190 valence electrons. The first-order valence-corrected chi connectivity index (χ1v) is 13.5. The summed E-state index contributed by atoms with van der Waals surface area (Å²) in [6.07, 6.45) is 10.7. The lowest BCUT2D eigenvalue weighted by atomic mass is 9.93. The maximum Gasteiger partial charge on any atom is 0.241 e. The summed E-state index contributed by atoms with van der Waals surface area (Å²) in [5, 5.41) is 8.52. The Morgan fingerprint density at radius 2 is 1.97 bits per heavy atom. The molecule has 0 spiro atoms. The minimum absolute atomic E-state index is 0.00410. The van der Waals surface area contributed by atoms with Gasteiger partial charge in [0, 0.05) is 55.6 Å². The Morgan fingerprint density at radius 1 is 1.09 bits per heavy atom. The fourth-order valence-electron chi connectivity index (χ4n) is 6.41. The van der Waals surface area contributed by atoms with Crippen LogP contribution in [0.1, 0.15) is 68.7 Å². The predicted octanol–water partition coefficient (Wildman–Crippen LogP) is 1.01. The number of aryl methyl sites for hydroxylation is 1. The topological polar surface area (TPSA) is 116 Å². The molecule has 4 fully saturated rings. The number of aromatic nitrogens is 3. The molecular formula is C25H39N9O. The van der Waals surface area contributed by atoms with Gasteiger partial charge < -0.3 is 20.9 Å². The van der Waals surface area contributed by atoms with Crippen LogP contribution in [0.5, 0.6) is 0 Å². The Balaban J connectivity index is 1.20. The molecule has 4 aliphatic heterocycles. The lowest BCUT2D eigenvalue weighted by molar-refractivity contribution is -0.137. The van der Waals surface area contributed by atoms with Gasteiger partial charge in [0.2, 0.25) is 5.91 Å². The second-order valence-corrected chi connectivity index (χ2v) is 10.9. The van der Waals surface area contributed by atoms with E-state index in [0.29, 0.717) is 12.1 Å². The number of rotatable bonds is 4. The number of anilines is 1. The molecule has 5 N–H and O–H groups in total. The molecule has 0 aromatic carbocycles. The molecule has 35 heavy (non-hydrogen) atoms. The highest BCUT2D eigenvalue weighted by atomic mass is 16.2. The van der Waals surface area contributed by atoms with Crippen LogP contribution in [0.25, 0.3) is 5.65 Å². The fourth-order valence-corrected chi connectivity index (χ4v) is 6.41. The van der Waals surface area contributed by atoms with Gasteiger partial charge in [-0.2, -0.15) is 5.10 Å². The molecule has 4 saturated heterocycles. The zero-order valence-corrected chi connectivity index (χ0v) is 20.7. The molecule has 5 unspecified atom stereocenters. The molecule has 10 nitrogen and oxygen atoms in total. The highest BCUT2D eigenvalue weighted by Crippen LogP contribution is 2.33. The van der Waals surface area contributed by atoms with E-state index in [0.717, 1.165) is 81.0 Å². The summed E-state index contributed by atoms with van der Waals surface area (Å²) in [5.74, 6) is 1.19. The standard InChI is InChI=1S/C25H39N9O/c1-16-14-34-23(28-24(16)32-11-8-17(26)15-32)13-20(31-34)22-7-3-5-10-33(22)25(35)21-12-19(29-30-21)18-6-2-4-9-27-18/h13-14,17-19,21-22,27,29-30H,2-12,15,26H2,1H3. The number of nitrogens with one attached hydrogen (secondary N) is 3. The summed E-state index contributed by atoms with van der Waals surface area (Å²) in [7, 11) is 0. The molecule has 2 aromatic rings. The smallest absolute Gasteiger partial charge is 0.241 e. The van der Waals surface area contributed by atoms with Crippen molar-refractivity contribution in [1.29, 1.82) is 0 Å². The zero-order valence-electron chi connectivity index (χ0n) is 20.7. The maximum absolute atomic E-state index is 13.7. The molecule has 1 amide bonds. The summed E-state index contributed by atoms with van der Waals surface area (Å²) in [6.45, 7) is 5.72. The van der Waals surface area contributed by atoms with E-state index in [9.17, 15) is 4.79 Å². The van der Waals surface area contributed by atoms with Crippen LogP contribution < -0.4 is 26.8 Å². The minimum atomic E-state index is -0.187. The van der Waals surface area contributed by atoms with Crippen molar-refractivity contribution in [3.8, 4) is 0 Å². The van der Waals surface area contributed by atoms with E-state index < -0.39 is 0 Å². The van der Waals surface area contributed by atoms with Gasteiger partial charge in [0.25, 0.3) is 0 Å². The lowest BCUT2D eigenvalue weighted by Crippen LogP contribution is -2.50. The molecule has 0 saturated carbocycles. The second-order valence-electron chi connectivity index (χ2n) is 10.9. The van der Waals surface area contributed by atoms with Crippen LogP contribution in [0.3, 0.4) is 0 Å². The predicted molar refractivity (Wildman–Crippen MR) is 135 cm³/mol. The van der Waals surface area contributed by atoms with Gasteiger partial charge in [0.05, 0.1) is 11.7 Å². The largest absolute Gasteiger partial charge is 0.355 e. The van der Waals surface area contributed by atoms with Gasteiger partial charge in [-0.3, -0.25) is 10.2 Å². The molecule has 4 aliphatic rings. The fraction of sp³-hybridized carbons (Fsp3) is 0.720. The summed E-state index contributed by atoms with van der Waals surface area (Å²) in [6, 6.07) is 2.83. The first kappa shape index (κ1) is 23.1. The molecule has 6 heterocycles. The van der Waals surface area contributed by atoms with Crippen LogP contribution in [-0.4, -0.2) is 75.8 Å². The van der Waals surface area contributed by atoms with Crippen molar-refractivity contribution in [1.82, 2.24) is 35.7 Å². The number of likely N-dealkylation sites (tertiary alicyclic amines) is 1. The molecule has 0 bridgehead atoms. The van der Waals surface area contributed by atoms with E-state index in [1.165, 1.54) is 19.3 Å². The zero-order chi connectivity index (χ0) is 23.9. The van der Waals surface area contributed by atoms with Crippen molar-refractivity contribution < 1.29 is 4.79 Å². The third-order valence-corrected chi connectivity index (χ3v) is 8.34. The average Bonchev–Trinajstić information content (AvgIpc) is 3.63. The third kappa shape index (κ3) is 4.52. The number of hydrogen-bond donors (Lipinski definition) is 4. The Labute approximate surface area is 207 Å². The second kappa shape index (κ2) is 9.65. The van der Waals surface area contributed by atoms with Crippen LogP contribution in [0.4, 0.5) is 5.82 Å². The van der Waals surface area contributed by atoms with Gasteiger partial charge in [0.15, 0.2) is 5.65 Å². The van der Waals surface area contributed by atoms with Crippen LogP contribution in [0.15, 0.2) is 12.3 Å². The van der Waals surface area contributed by atoms with Gasteiger partial charge >= 0.3 is 0 Å². The van der Waals surface area contributed by atoms with E-state index in [1.54, 1.807) is 0 Å². The Bertz CT molecular complexity index is 1060. The van der Waals surface area contributed by atoms with Crippen molar-refractivity contribution >= 4 is 17.4 Å². The number of nitrogens with two attached hydrogens (primary N) is 1. The quantitative estimate of drug-likeness (QED) is 0.511. The number of hydrogen-bond acceptors (Lipinski definition) is 8. The molecule has 10 heteroatoms. The van der Waals surface area contributed by atoms with E-state index >= 15 is 0 Å². The van der Waals surface area contributed by atoms with Gasteiger partial charge in [-0.15, -0.1) is 0 Å². The van der Waals surface area contributed by atoms with Gasteiger partial charge in [-0.25, -0.2) is 14.9 Å². The Morgan fingerprint density at radius 3 is 2.77 bits per heavy atom. The van der Waals surface area contributed by atoms with Crippen molar-refractivity contribution in [2.75, 3.05) is 31.1 Å². The number of nitrogens with zero attached hydrogens (tertiary/aromatic N) is 5. The first-order chi connectivity index (χ1) is 17.1. The van der Waals surface area contributed by atoms with Gasteiger partial charge in [0.1, 0.15) is 11.9 Å². The van der Waals surface area contributed by atoms with Crippen LogP contribution >= 0.6 is 0 Å². The first-order valence-electron chi connectivity index (χ1n) is 13.5. The number of carbonyl (C=O) groups excluding carboxylic acids is 1. The van der Waals surface area contributed by atoms with Crippen LogP contribution in [0, 0.1) is 6.92 Å². The summed E-state index contributed by atoms with van der Waals surface area (Å²) >= 11 is 0. The van der Waals surface area contributed by atoms with Gasteiger partial charge in [-0.1, -0.05) is 6.42 Å². The van der Waals surface area contributed by atoms with E-state index in [2.05, 4.69) is 45.2 Å². The number of piperidine rings is 2. The summed E-state index contributed by atoms with van der Waals surface area (Å²) in [4.78, 5) is 23.0. The highest BCUT2D eigenvalue weighted by molar-refractivity contribution is 5.82. The van der Waals surface area contributed by atoms with Crippen molar-refractivity contribution in [2.45, 2.75) is 88.5 Å². The minimum Gasteiger partial charge on any atom is -0.355 e. The summed E-state index contributed by atoms with van der Waals surface area (Å²) in [5.41, 5.74) is 15.7. The molecule has 0 aliphatic carbocycles. The van der Waals surface area contributed by atoms with E-state index in [-0.39, 0.29) is 24.0 Å². The van der Waals surface area contributed by atoms with Crippen LogP contribution in [0.2, 0.25) is 0 Å². The number of amides is 1. The van der Waals surface area contributed by atoms with E-state index in [1.807, 2.05) is 4.52 Å². The average molecular weight is 482 g/mol. The molecule has 0 radical (unpaired) electrons. The molecule has 5 atom stereocenters. The van der Waals surface area contributed by atoms with Crippen LogP contribution in [-0.2, 0) is 4.79 Å². The highest BCUT2D eigenvalue weighted by Gasteiger charge is 2.39. The molecule has 6 rings (SSSR count). The Hall–Kier alpha value is -2.27. The number of fused-ring (bicyclic) bond motifs is 1. The molecular weight excluding hydrogens is 442 g/mol. The number of carbonyl (C=O) groups is 1. The van der Waals surface area contributed by atoms with Crippen molar-refractivity contribution in [2.24, 2.45) is 5.73 Å². The summed E-state index contributed by atoms with van der Waals surface area (Å²) < 4.78 is 1.88. The maximum atomic E-state index is 13.7.